The summed E-state index contributed by atoms with van der Waals surface area (Å²) in [4.78, 5) is 24.1. The minimum Gasteiger partial charge on any atom is -0.298 e. The van der Waals surface area contributed by atoms with Crippen LogP contribution >= 0.6 is 0 Å². The number of aldehydes is 2. The summed E-state index contributed by atoms with van der Waals surface area (Å²) >= 11 is 0. The van der Waals surface area contributed by atoms with E-state index in [9.17, 15) is 9.59 Å². The van der Waals surface area contributed by atoms with Gasteiger partial charge in [-0.1, -0.05) is 121 Å². The molecule has 0 atom stereocenters. The largest absolute Gasteiger partial charge is 0.298 e. The van der Waals surface area contributed by atoms with Gasteiger partial charge in [-0.05, 0) is 101 Å². The van der Waals surface area contributed by atoms with E-state index in [1.807, 2.05) is 48.5 Å². The topological polar surface area (TPSA) is 34.1 Å². The quantitative estimate of drug-likeness (QED) is 0.154. The fraction of sp³-hybridized carbons (Fsp3) is 0. The summed E-state index contributed by atoms with van der Waals surface area (Å²) in [5, 5.41) is 9.06. The lowest BCUT2D eigenvalue weighted by Gasteiger charge is -2.18. The molecule has 2 nitrogen and oxygen atoms in total. The molecular weight excluding hydrogens is 536 g/mol. The molecule has 0 aliphatic carbocycles. The Balaban J connectivity index is 1.49. The maximum absolute atomic E-state index is 12.1. The van der Waals surface area contributed by atoms with Crippen LogP contribution in [0.5, 0.6) is 0 Å². The minimum atomic E-state index is 0.671. The molecule has 0 aromatic heterocycles. The van der Waals surface area contributed by atoms with Gasteiger partial charge >= 0.3 is 0 Å². The second-order valence-corrected chi connectivity index (χ2v) is 11.2. The highest BCUT2D eigenvalue weighted by atomic mass is 16.1. The summed E-state index contributed by atoms with van der Waals surface area (Å²) in [5.74, 6) is 0. The molecule has 8 aromatic rings. The second kappa shape index (κ2) is 10.4. The van der Waals surface area contributed by atoms with Gasteiger partial charge < -0.3 is 0 Å². The average molecular weight is 563 g/mol. The normalized spacial score (nSPS) is 11.4. The zero-order valence-corrected chi connectivity index (χ0v) is 23.8. The van der Waals surface area contributed by atoms with Gasteiger partial charge in [-0.15, -0.1) is 0 Å². The van der Waals surface area contributed by atoms with Crippen LogP contribution in [-0.4, -0.2) is 12.6 Å². The van der Waals surface area contributed by atoms with Crippen molar-refractivity contribution in [3.05, 3.63) is 157 Å². The lowest BCUT2D eigenvalue weighted by atomic mass is 9.85. The first kappa shape index (κ1) is 25.8. The van der Waals surface area contributed by atoms with Gasteiger partial charge in [0.1, 0.15) is 0 Å². The highest BCUT2D eigenvalue weighted by molar-refractivity contribution is 6.17. The molecule has 0 saturated carbocycles. The van der Waals surface area contributed by atoms with Crippen molar-refractivity contribution in [3.8, 4) is 33.4 Å². The third kappa shape index (κ3) is 4.11. The van der Waals surface area contributed by atoms with Crippen molar-refractivity contribution >= 4 is 55.7 Å². The van der Waals surface area contributed by atoms with E-state index >= 15 is 0 Å². The molecule has 0 unspecified atom stereocenters. The SMILES string of the molecule is O=Cc1ccccc1-c1ccc(-c2ccc(-c3ccccc3C=O)c3cc4ccccc4cc23)c2cc3ccccc3cc12. The molecule has 44 heavy (non-hydrogen) atoms. The van der Waals surface area contributed by atoms with Crippen LogP contribution in [0, 0.1) is 0 Å². The number of fused-ring (bicyclic) bond motifs is 4. The first-order chi connectivity index (χ1) is 21.7. The molecular formula is C42H26O2. The summed E-state index contributed by atoms with van der Waals surface area (Å²) in [5.41, 5.74) is 7.49. The van der Waals surface area contributed by atoms with E-state index in [-0.39, 0.29) is 0 Å². The van der Waals surface area contributed by atoms with E-state index in [4.69, 9.17) is 0 Å². The molecule has 0 heterocycles. The third-order valence-electron chi connectivity index (χ3n) is 8.81. The van der Waals surface area contributed by atoms with E-state index in [1.54, 1.807) is 0 Å². The molecule has 8 aromatic carbocycles. The van der Waals surface area contributed by atoms with Gasteiger partial charge in [0, 0.05) is 11.1 Å². The summed E-state index contributed by atoms with van der Waals surface area (Å²) in [6, 6.07) is 50.1. The second-order valence-electron chi connectivity index (χ2n) is 11.2. The molecule has 2 heteroatoms. The van der Waals surface area contributed by atoms with Crippen molar-refractivity contribution in [2.45, 2.75) is 0 Å². The third-order valence-corrected chi connectivity index (χ3v) is 8.81. The Kier molecular flexibility index (Phi) is 6.13. The van der Waals surface area contributed by atoms with Gasteiger partial charge in [-0.2, -0.15) is 0 Å². The molecule has 206 valence electrons. The van der Waals surface area contributed by atoms with Gasteiger partial charge in [0.15, 0.2) is 12.6 Å². The van der Waals surface area contributed by atoms with Gasteiger partial charge in [0.2, 0.25) is 0 Å². The number of carbonyl (C=O) groups excluding carboxylic acids is 2. The van der Waals surface area contributed by atoms with Gasteiger partial charge in [0.25, 0.3) is 0 Å². The molecule has 0 fully saturated rings. The first-order valence-corrected chi connectivity index (χ1v) is 14.7. The van der Waals surface area contributed by atoms with Crippen molar-refractivity contribution in [1.82, 2.24) is 0 Å². The van der Waals surface area contributed by atoms with Crippen LogP contribution in [-0.2, 0) is 0 Å². The molecule has 0 aliphatic heterocycles. The Morgan fingerprint density at radius 2 is 0.568 bits per heavy atom. The molecule has 0 spiro atoms. The summed E-state index contributed by atoms with van der Waals surface area (Å²) in [7, 11) is 0. The number of benzene rings is 8. The zero-order valence-electron chi connectivity index (χ0n) is 23.8. The summed E-state index contributed by atoms with van der Waals surface area (Å²) in [6.45, 7) is 0. The average Bonchev–Trinajstić information content (AvgIpc) is 3.09. The standard InChI is InChI=1S/C42H26O2/c43-25-31-13-5-7-15-33(31)35-17-19-37(41-23-29-11-3-1-9-27(29)21-39(35)41)38-20-18-36(34-16-8-6-14-32(34)26-44)40-22-28-10-2-4-12-30(28)24-42(38)40/h1-26H. The molecule has 0 amide bonds. The maximum Gasteiger partial charge on any atom is 0.150 e. The molecule has 0 aliphatic rings. The Morgan fingerprint density at radius 3 is 0.886 bits per heavy atom. The highest BCUT2D eigenvalue weighted by Crippen LogP contribution is 2.43. The fourth-order valence-corrected chi connectivity index (χ4v) is 6.69. The van der Waals surface area contributed by atoms with Gasteiger partial charge in [-0.3, -0.25) is 9.59 Å². The van der Waals surface area contributed by atoms with Crippen LogP contribution in [0.15, 0.2) is 146 Å². The van der Waals surface area contributed by atoms with E-state index in [1.165, 1.54) is 0 Å². The van der Waals surface area contributed by atoms with Crippen LogP contribution in [0.1, 0.15) is 20.7 Å². The van der Waals surface area contributed by atoms with Crippen molar-refractivity contribution < 1.29 is 9.59 Å². The minimum absolute atomic E-state index is 0.671. The fourth-order valence-electron chi connectivity index (χ4n) is 6.69. The van der Waals surface area contributed by atoms with Crippen molar-refractivity contribution in [2.24, 2.45) is 0 Å². The lowest BCUT2D eigenvalue weighted by molar-refractivity contribution is 0.111. The number of carbonyl (C=O) groups is 2. The lowest BCUT2D eigenvalue weighted by Crippen LogP contribution is -1.93. The van der Waals surface area contributed by atoms with Crippen molar-refractivity contribution in [3.63, 3.8) is 0 Å². The van der Waals surface area contributed by atoms with Crippen LogP contribution < -0.4 is 0 Å². The predicted octanol–water partition coefficient (Wildman–Crippen LogP) is 10.9. The smallest absolute Gasteiger partial charge is 0.150 e. The van der Waals surface area contributed by atoms with Crippen LogP contribution in [0.2, 0.25) is 0 Å². The van der Waals surface area contributed by atoms with Crippen LogP contribution in [0.4, 0.5) is 0 Å². The van der Waals surface area contributed by atoms with Gasteiger partial charge in [-0.25, -0.2) is 0 Å². The Labute approximate surface area is 254 Å². The monoisotopic (exact) mass is 562 g/mol. The molecule has 0 radical (unpaired) electrons. The van der Waals surface area contributed by atoms with Gasteiger partial charge in [0.05, 0.1) is 0 Å². The molecule has 0 N–H and O–H groups in total. The molecule has 0 saturated heterocycles. The van der Waals surface area contributed by atoms with Crippen LogP contribution in [0.25, 0.3) is 76.5 Å². The van der Waals surface area contributed by atoms with E-state index < -0.39 is 0 Å². The Hall–Kier alpha value is -5.86. The number of hydrogen-bond donors (Lipinski definition) is 0. The Morgan fingerprint density at radius 1 is 0.295 bits per heavy atom. The van der Waals surface area contributed by atoms with Crippen molar-refractivity contribution in [2.75, 3.05) is 0 Å². The highest BCUT2D eigenvalue weighted by Gasteiger charge is 2.17. The molecule has 8 rings (SSSR count). The predicted molar refractivity (Wildman–Crippen MR) is 184 cm³/mol. The zero-order chi connectivity index (χ0) is 29.6. The summed E-state index contributed by atoms with van der Waals surface area (Å²) in [6.07, 6.45) is 1.87. The first-order valence-electron chi connectivity index (χ1n) is 14.7. The van der Waals surface area contributed by atoms with Crippen LogP contribution in [0.3, 0.4) is 0 Å². The number of rotatable bonds is 5. The summed E-state index contributed by atoms with van der Waals surface area (Å²) < 4.78 is 0. The van der Waals surface area contributed by atoms with E-state index in [0.29, 0.717) is 11.1 Å². The molecule has 0 bridgehead atoms. The van der Waals surface area contributed by atoms with E-state index in [0.717, 1.165) is 89.0 Å². The van der Waals surface area contributed by atoms with Crippen molar-refractivity contribution in [1.29, 1.82) is 0 Å². The van der Waals surface area contributed by atoms with E-state index in [2.05, 4.69) is 97.1 Å². The Bertz CT molecular complexity index is 2260. The number of hydrogen-bond acceptors (Lipinski definition) is 2. The maximum atomic E-state index is 12.1.